The van der Waals surface area contributed by atoms with Gasteiger partial charge in [0.25, 0.3) is 5.56 Å². The number of hydrogen-bond acceptors (Lipinski definition) is 7. The van der Waals surface area contributed by atoms with Gasteiger partial charge in [-0.15, -0.1) is 0 Å². The van der Waals surface area contributed by atoms with Gasteiger partial charge in [-0.25, -0.2) is 14.2 Å². The number of para-hydroxylation sites is 1. The second kappa shape index (κ2) is 13.0. The molecule has 0 fully saturated rings. The van der Waals surface area contributed by atoms with Crippen molar-refractivity contribution in [2.75, 3.05) is 6.61 Å². The Morgan fingerprint density at radius 3 is 2.47 bits per heavy atom. The summed E-state index contributed by atoms with van der Waals surface area (Å²) in [6, 6.07) is 30.7. The minimum atomic E-state index is -0.910. The number of ether oxygens (including phenoxy) is 2. The molecule has 9 heteroatoms. The lowest BCUT2D eigenvalue weighted by Crippen LogP contribution is -2.40. The Balaban J connectivity index is 1.52. The highest BCUT2D eigenvalue weighted by Gasteiger charge is 2.35. The van der Waals surface area contributed by atoms with Gasteiger partial charge in [0.1, 0.15) is 18.2 Å². The zero-order chi connectivity index (χ0) is 31.3. The summed E-state index contributed by atoms with van der Waals surface area (Å²) in [5.41, 5.74) is 3.35. The number of nitrogens with zero attached hydrogens (tertiary/aromatic N) is 3. The Morgan fingerprint density at radius 1 is 1.00 bits per heavy atom. The molecule has 222 valence electrons. The summed E-state index contributed by atoms with van der Waals surface area (Å²) in [5, 5.41) is 9.46. The summed E-state index contributed by atoms with van der Waals surface area (Å²) >= 11 is 1.18. The Labute approximate surface area is 262 Å². The van der Waals surface area contributed by atoms with E-state index in [-0.39, 0.29) is 24.3 Å². The summed E-state index contributed by atoms with van der Waals surface area (Å²) in [4.78, 5) is 33.0. The van der Waals surface area contributed by atoms with E-state index >= 15 is 0 Å². The molecule has 1 aliphatic heterocycles. The van der Waals surface area contributed by atoms with Gasteiger partial charge in [-0.2, -0.15) is 5.26 Å². The highest BCUT2D eigenvalue weighted by molar-refractivity contribution is 7.07. The lowest BCUT2D eigenvalue weighted by atomic mass is 9.93. The molecule has 1 atom stereocenters. The van der Waals surface area contributed by atoms with E-state index in [2.05, 4.69) is 6.07 Å². The number of aromatic nitrogens is 1. The highest BCUT2D eigenvalue weighted by atomic mass is 32.1. The smallest absolute Gasteiger partial charge is 0.338 e. The van der Waals surface area contributed by atoms with Gasteiger partial charge >= 0.3 is 5.97 Å². The summed E-state index contributed by atoms with van der Waals surface area (Å²) in [7, 11) is 0. The van der Waals surface area contributed by atoms with E-state index in [1.165, 1.54) is 28.0 Å². The molecule has 0 aliphatic carbocycles. The van der Waals surface area contributed by atoms with Crippen LogP contribution in [0.25, 0.3) is 11.8 Å². The molecule has 0 saturated carbocycles. The van der Waals surface area contributed by atoms with E-state index in [1.807, 2.05) is 60.7 Å². The minimum absolute atomic E-state index is 0.126. The first-order valence-electron chi connectivity index (χ1n) is 14.2. The first-order valence-corrected chi connectivity index (χ1v) is 15.0. The van der Waals surface area contributed by atoms with Gasteiger partial charge in [0.15, 0.2) is 4.80 Å². The molecule has 0 saturated heterocycles. The fourth-order valence-corrected chi connectivity index (χ4v) is 6.18. The van der Waals surface area contributed by atoms with Crippen molar-refractivity contribution >= 4 is 29.1 Å². The zero-order valence-electron chi connectivity index (χ0n) is 24.1. The van der Waals surface area contributed by atoms with Crippen LogP contribution in [-0.4, -0.2) is 17.1 Å². The summed E-state index contributed by atoms with van der Waals surface area (Å²) in [6.07, 6.45) is 1.73. The van der Waals surface area contributed by atoms with Crippen LogP contribution in [-0.2, 0) is 16.1 Å². The summed E-state index contributed by atoms with van der Waals surface area (Å²) < 4.78 is 27.4. The van der Waals surface area contributed by atoms with Gasteiger partial charge in [0, 0.05) is 16.7 Å². The van der Waals surface area contributed by atoms with E-state index < -0.39 is 17.8 Å². The van der Waals surface area contributed by atoms with Gasteiger partial charge in [0.05, 0.1) is 40.1 Å². The molecule has 4 aromatic carbocycles. The molecule has 0 amide bonds. The van der Waals surface area contributed by atoms with Crippen LogP contribution in [0, 0.1) is 17.1 Å². The zero-order valence-corrected chi connectivity index (χ0v) is 25.0. The molecule has 7 nitrogen and oxygen atoms in total. The van der Waals surface area contributed by atoms with Gasteiger partial charge in [-0.05, 0) is 42.8 Å². The highest BCUT2D eigenvalue weighted by Crippen LogP contribution is 2.35. The van der Waals surface area contributed by atoms with Crippen LogP contribution < -0.4 is 19.6 Å². The normalized spacial score (nSPS) is 14.3. The third-order valence-corrected chi connectivity index (χ3v) is 8.27. The van der Waals surface area contributed by atoms with Crippen molar-refractivity contribution < 1.29 is 18.7 Å². The maximum absolute atomic E-state index is 14.2. The van der Waals surface area contributed by atoms with E-state index in [1.54, 1.807) is 43.3 Å². The Bertz CT molecular complexity index is 2150. The molecule has 1 aliphatic rings. The predicted molar refractivity (Wildman–Crippen MR) is 169 cm³/mol. The van der Waals surface area contributed by atoms with Crippen LogP contribution in [0.5, 0.6) is 5.75 Å². The second-order valence-electron chi connectivity index (χ2n) is 10.1. The first kappa shape index (κ1) is 29.5. The summed E-state index contributed by atoms with van der Waals surface area (Å²) in [5.74, 6) is -0.520. The number of rotatable bonds is 8. The van der Waals surface area contributed by atoms with E-state index in [9.17, 15) is 19.2 Å². The molecular weight excluding hydrogens is 589 g/mol. The van der Waals surface area contributed by atoms with E-state index in [0.717, 1.165) is 5.56 Å². The first-order chi connectivity index (χ1) is 22.0. The fourth-order valence-electron chi connectivity index (χ4n) is 5.18. The van der Waals surface area contributed by atoms with Crippen molar-refractivity contribution in [3.05, 3.63) is 162 Å². The second-order valence-corrected chi connectivity index (χ2v) is 11.1. The minimum Gasteiger partial charge on any atom is -0.488 e. The van der Waals surface area contributed by atoms with Crippen molar-refractivity contribution in [3.63, 3.8) is 0 Å². The van der Waals surface area contributed by atoms with Crippen molar-refractivity contribution in [2.45, 2.75) is 19.6 Å². The van der Waals surface area contributed by atoms with E-state index in [4.69, 9.17) is 14.5 Å². The van der Waals surface area contributed by atoms with Crippen LogP contribution in [0.1, 0.15) is 40.8 Å². The molecule has 6 rings (SSSR count). The predicted octanol–water partition coefficient (Wildman–Crippen LogP) is 5.53. The quantitative estimate of drug-likeness (QED) is 0.214. The number of thiazole rings is 1. The summed E-state index contributed by atoms with van der Waals surface area (Å²) in [6.45, 7) is 2.01. The number of esters is 1. The average Bonchev–Trinajstić information content (AvgIpc) is 3.38. The number of hydrogen-bond donors (Lipinski definition) is 0. The lowest BCUT2D eigenvalue weighted by molar-refractivity contribution is -0.138. The van der Waals surface area contributed by atoms with Crippen LogP contribution in [0.4, 0.5) is 4.39 Å². The molecular formula is C36H26FN3O4S. The Morgan fingerprint density at radius 2 is 1.71 bits per heavy atom. The number of nitriles is 1. The largest absolute Gasteiger partial charge is 0.488 e. The van der Waals surface area contributed by atoms with Crippen molar-refractivity contribution in [3.8, 4) is 11.8 Å². The number of carbonyl (C=O) groups is 1. The third-order valence-electron chi connectivity index (χ3n) is 7.29. The number of carbonyl (C=O) groups excluding carboxylic acids is 1. The Kier molecular flexibility index (Phi) is 8.49. The Hall–Kier alpha value is -5.59. The molecule has 45 heavy (non-hydrogen) atoms. The average molecular weight is 616 g/mol. The molecule has 0 spiro atoms. The van der Waals surface area contributed by atoms with Crippen LogP contribution in [0.3, 0.4) is 0 Å². The topological polar surface area (TPSA) is 93.7 Å². The number of benzene rings is 4. The fraction of sp³-hybridized carbons (Fsp3) is 0.111. The molecule has 0 bridgehead atoms. The standard InChI is InChI=1S/C36H26FN3O4S/c1-2-43-35(42)31-32(23-10-4-3-5-11-23)39-36-40(33(31)24-16-18-28(37)19-17-24)34(41)30(45-36)20-25-12-8-9-15-29(25)44-22-27-14-7-6-13-26(27)21-38/h3-20,33H,2,22H2,1H3/b30-20-/t33-/m1/s1. The number of fused-ring (bicyclic) bond motifs is 1. The van der Waals surface area contributed by atoms with Gasteiger partial charge in [0.2, 0.25) is 0 Å². The molecule has 5 aromatic rings. The van der Waals surface area contributed by atoms with Gasteiger partial charge in [-0.1, -0.05) is 90.2 Å². The SMILES string of the molecule is CCOC(=O)C1=C(c2ccccc2)N=c2s/c(=C\c3ccccc3OCc3ccccc3C#N)c(=O)n2[C@@H]1c1ccc(F)cc1. The maximum atomic E-state index is 14.2. The van der Waals surface area contributed by atoms with Crippen LogP contribution in [0.2, 0.25) is 0 Å². The van der Waals surface area contributed by atoms with Crippen LogP contribution in [0.15, 0.2) is 118 Å². The molecule has 1 aromatic heterocycles. The van der Waals surface area contributed by atoms with Crippen molar-refractivity contribution in [1.29, 1.82) is 5.26 Å². The van der Waals surface area contributed by atoms with E-state index in [0.29, 0.717) is 43.0 Å². The molecule has 2 heterocycles. The van der Waals surface area contributed by atoms with Crippen molar-refractivity contribution in [2.24, 2.45) is 4.99 Å². The molecule has 0 unspecified atom stereocenters. The van der Waals surface area contributed by atoms with Gasteiger partial charge < -0.3 is 9.47 Å². The number of halogens is 1. The van der Waals surface area contributed by atoms with Crippen LogP contribution >= 0.6 is 11.3 Å². The lowest BCUT2D eigenvalue weighted by Gasteiger charge is -2.25. The maximum Gasteiger partial charge on any atom is 0.338 e. The third kappa shape index (κ3) is 5.96. The van der Waals surface area contributed by atoms with Crippen molar-refractivity contribution in [1.82, 2.24) is 4.57 Å². The molecule has 0 N–H and O–H groups in total. The van der Waals surface area contributed by atoms with Gasteiger partial charge in [-0.3, -0.25) is 9.36 Å². The molecule has 0 radical (unpaired) electrons. The monoisotopic (exact) mass is 615 g/mol.